The van der Waals surface area contributed by atoms with Crippen LogP contribution in [-0.4, -0.2) is 5.25 Å². The van der Waals surface area contributed by atoms with E-state index in [1.807, 2.05) is 0 Å². The molecule has 0 radical (unpaired) electrons. The molecule has 0 saturated heterocycles. The topological polar surface area (TPSA) is 26.0 Å². The molecule has 2 aliphatic carbocycles. The molecule has 1 fully saturated rings. The Hall–Kier alpha value is -0.110. The Balaban J connectivity index is 2.16. The zero-order valence-corrected chi connectivity index (χ0v) is 7.61. The molecule has 0 amide bonds. The lowest BCUT2D eigenvalue weighted by Crippen LogP contribution is -2.45. The van der Waals surface area contributed by atoms with Crippen LogP contribution in [0.25, 0.3) is 0 Å². The molecule has 2 N–H and O–H groups in total. The van der Waals surface area contributed by atoms with Crippen molar-refractivity contribution >= 4 is 12.6 Å². The minimum atomic E-state index is 0.321. The van der Waals surface area contributed by atoms with Crippen LogP contribution in [0.15, 0.2) is 11.8 Å². The molecule has 2 rings (SSSR count). The van der Waals surface area contributed by atoms with E-state index in [0.717, 1.165) is 5.70 Å². The predicted molar refractivity (Wildman–Crippen MR) is 50.6 cm³/mol. The summed E-state index contributed by atoms with van der Waals surface area (Å²) >= 11 is 4.52. The van der Waals surface area contributed by atoms with E-state index in [1.165, 1.54) is 32.1 Å². The van der Waals surface area contributed by atoms with Gasteiger partial charge in [-0.1, -0.05) is 25.3 Å². The molecule has 2 heteroatoms. The van der Waals surface area contributed by atoms with E-state index in [9.17, 15) is 0 Å². The fourth-order valence-corrected chi connectivity index (χ4v) is 2.91. The largest absolute Gasteiger partial charge is 0.402 e. The smallest absolute Gasteiger partial charge is 0.0327 e. The van der Waals surface area contributed by atoms with Gasteiger partial charge in [0.1, 0.15) is 0 Å². The second-order valence-electron chi connectivity index (χ2n) is 3.78. The highest BCUT2D eigenvalue weighted by Crippen LogP contribution is 2.51. The van der Waals surface area contributed by atoms with Gasteiger partial charge in [0.2, 0.25) is 0 Å². The molecular weight excluding hydrogens is 154 g/mol. The standard InChI is InChI=1S/C9H15NS/c10-7-6-8(11)9(7)4-2-1-3-5-9/h6,8,11H,1-5,10H2. The summed E-state index contributed by atoms with van der Waals surface area (Å²) in [7, 11) is 0. The Morgan fingerprint density at radius 1 is 1.36 bits per heavy atom. The quantitative estimate of drug-likeness (QED) is 0.534. The molecule has 62 valence electrons. The van der Waals surface area contributed by atoms with Crippen molar-refractivity contribution in [2.24, 2.45) is 11.1 Å². The van der Waals surface area contributed by atoms with Crippen molar-refractivity contribution in [3.63, 3.8) is 0 Å². The molecule has 0 aliphatic heterocycles. The summed E-state index contributed by atoms with van der Waals surface area (Å²) in [5.41, 5.74) is 7.32. The molecule has 0 aromatic heterocycles. The molecule has 2 aliphatic rings. The first-order valence-corrected chi connectivity index (χ1v) is 4.93. The zero-order chi connectivity index (χ0) is 7.90. The van der Waals surface area contributed by atoms with E-state index >= 15 is 0 Å². The van der Waals surface area contributed by atoms with Crippen LogP contribution in [0.1, 0.15) is 32.1 Å². The van der Waals surface area contributed by atoms with Crippen LogP contribution in [0.5, 0.6) is 0 Å². The van der Waals surface area contributed by atoms with Crippen molar-refractivity contribution in [2.75, 3.05) is 0 Å². The Morgan fingerprint density at radius 2 is 2.00 bits per heavy atom. The number of thiol groups is 1. The van der Waals surface area contributed by atoms with Crippen molar-refractivity contribution in [2.45, 2.75) is 37.4 Å². The average Bonchev–Trinajstić information content (AvgIpc) is 2.07. The summed E-state index contributed by atoms with van der Waals surface area (Å²) < 4.78 is 0. The first kappa shape index (κ1) is 7.53. The second-order valence-corrected chi connectivity index (χ2v) is 4.34. The van der Waals surface area contributed by atoms with Gasteiger partial charge >= 0.3 is 0 Å². The third kappa shape index (κ3) is 0.919. The van der Waals surface area contributed by atoms with Gasteiger partial charge in [-0.2, -0.15) is 12.6 Å². The average molecular weight is 169 g/mol. The molecule has 1 spiro atoms. The van der Waals surface area contributed by atoms with Crippen LogP contribution in [0.4, 0.5) is 0 Å². The minimum Gasteiger partial charge on any atom is -0.402 e. The Labute approximate surface area is 73.5 Å². The molecule has 1 saturated carbocycles. The maximum absolute atomic E-state index is 5.89. The van der Waals surface area contributed by atoms with Crippen LogP contribution in [-0.2, 0) is 0 Å². The summed E-state index contributed by atoms with van der Waals surface area (Å²) in [6.07, 6.45) is 8.69. The van der Waals surface area contributed by atoms with E-state index < -0.39 is 0 Å². The fraction of sp³-hybridized carbons (Fsp3) is 0.778. The van der Waals surface area contributed by atoms with Gasteiger partial charge in [0, 0.05) is 16.4 Å². The van der Waals surface area contributed by atoms with Crippen LogP contribution in [0.2, 0.25) is 0 Å². The summed E-state index contributed by atoms with van der Waals surface area (Å²) in [5, 5.41) is 0.447. The van der Waals surface area contributed by atoms with Crippen molar-refractivity contribution in [1.82, 2.24) is 0 Å². The van der Waals surface area contributed by atoms with Gasteiger partial charge in [-0.3, -0.25) is 0 Å². The highest BCUT2D eigenvalue weighted by molar-refractivity contribution is 7.81. The molecule has 1 unspecified atom stereocenters. The van der Waals surface area contributed by atoms with E-state index in [-0.39, 0.29) is 0 Å². The molecule has 0 bridgehead atoms. The summed E-state index contributed by atoms with van der Waals surface area (Å²) in [6.45, 7) is 0. The van der Waals surface area contributed by atoms with Crippen LogP contribution >= 0.6 is 12.6 Å². The zero-order valence-electron chi connectivity index (χ0n) is 6.71. The van der Waals surface area contributed by atoms with Gasteiger partial charge < -0.3 is 5.73 Å². The number of nitrogens with two attached hydrogens (primary N) is 1. The fourth-order valence-electron chi connectivity index (χ4n) is 2.34. The monoisotopic (exact) mass is 169 g/mol. The highest BCUT2D eigenvalue weighted by Gasteiger charge is 2.45. The number of allylic oxidation sites excluding steroid dienone is 1. The van der Waals surface area contributed by atoms with Crippen molar-refractivity contribution in [1.29, 1.82) is 0 Å². The third-order valence-electron chi connectivity index (χ3n) is 3.22. The molecule has 0 aromatic rings. The van der Waals surface area contributed by atoms with Crippen LogP contribution in [0.3, 0.4) is 0 Å². The molecule has 0 aromatic carbocycles. The van der Waals surface area contributed by atoms with Gasteiger partial charge in [-0.25, -0.2) is 0 Å². The van der Waals surface area contributed by atoms with Gasteiger partial charge in [-0.05, 0) is 12.8 Å². The van der Waals surface area contributed by atoms with Gasteiger partial charge in [0.25, 0.3) is 0 Å². The molecular formula is C9H15NS. The first-order chi connectivity index (χ1) is 5.26. The van der Waals surface area contributed by atoms with Crippen LogP contribution < -0.4 is 5.73 Å². The number of hydrogen-bond donors (Lipinski definition) is 2. The first-order valence-electron chi connectivity index (χ1n) is 4.41. The normalized spacial score (nSPS) is 34.6. The van der Waals surface area contributed by atoms with Crippen molar-refractivity contribution in [3.05, 3.63) is 11.8 Å². The number of hydrogen-bond acceptors (Lipinski definition) is 2. The third-order valence-corrected chi connectivity index (χ3v) is 3.87. The Kier molecular flexibility index (Phi) is 1.67. The lowest BCUT2D eigenvalue weighted by Gasteiger charge is -2.47. The second kappa shape index (κ2) is 2.44. The summed E-state index contributed by atoms with van der Waals surface area (Å²) in [6, 6.07) is 0. The summed E-state index contributed by atoms with van der Waals surface area (Å²) in [4.78, 5) is 0. The van der Waals surface area contributed by atoms with E-state index in [1.54, 1.807) is 0 Å². The molecule has 0 heterocycles. The SMILES string of the molecule is NC1=CC(S)C12CCCCC2. The predicted octanol–water partition coefficient (Wildman–Crippen LogP) is 2.09. The summed E-state index contributed by atoms with van der Waals surface area (Å²) in [5.74, 6) is 0. The molecule has 1 atom stereocenters. The highest BCUT2D eigenvalue weighted by atomic mass is 32.1. The van der Waals surface area contributed by atoms with E-state index in [0.29, 0.717) is 10.7 Å². The van der Waals surface area contributed by atoms with Gasteiger partial charge in [0.05, 0.1) is 0 Å². The minimum absolute atomic E-state index is 0.321. The van der Waals surface area contributed by atoms with Gasteiger partial charge in [-0.15, -0.1) is 0 Å². The van der Waals surface area contributed by atoms with E-state index in [2.05, 4.69) is 18.7 Å². The van der Waals surface area contributed by atoms with E-state index in [4.69, 9.17) is 5.73 Å². The lowest BCUT2D eigenvalue weighted by molar-refractivity contribution is 0.220. The molecule has 11 heavy (non-hydrogen) atoms. The molecule has 1 nitrogen and oxygen atoms in total. The maximum Gasteiger partial charge on any atom is 0.0327 e. The van der Waals surface area contributed by atoms with Crippen molar-refractivity contribution < 1.29 is 0 Å². The van der Waals surface area contributed by atoms with Crippen molar-refractivity contribution in [3.8, 4) is 0 Å². The Morgan fingerprint density at radius 3 is 2.36 bits per heavy atom. The van der Waals surface area contributed by atoms with Gasteiger partial charge in [0.15, 0.2) is 0 Å². The maximum atomic E-state index is 5.89. The number of rotatable bonds is 0. The Bertz CT molecular complexity index is 192. The van der Waals surface area contributed by atoms with Crippen LogP contribution in [0, 0.1) is 5.41 Å². The lowest BCUT2D eigenvalue weighted by atomic mass is 9.63.